The number of hydrogen-bond acceptors (Lipinski definition) is 3. The van der Waals surface area contributed by atoms with Gasteiger partial charge in [0.15, 0.2) is 0 Å². The van der Waals surface area contributed by atoms with E-state index < -0.39 is 0 Å². The number of rotatable bonds is 1. The van der Waals surface area contributed by atoms with Gasteiger partial charge in [-0.3, -0.25) is 15.3 Å². The number of aliphatic imine (C=N–C) groups is 1. The van der Waals surface area contributed by atoms with Crippen molar-refractivity contribution in [3.05, 3.63) is 0 Å². The molecular formula is C11H23N5. The largest absolute Gasteiger partial charge is 0.339 e. The summed E-state index contributed by atoms with van der Waals surface area (Å²) in [6.07, 6.45) is 4.05. The molecule has 0 spiro atoms. The molecule has 0 aliphatic carbocycles. The summed E-state index contributed by atoms with van der Waals surface area (Å²) >= 11 is 0. The molecule has 2 saturated heterocycles. The van der Waals surface area contributed by atoms with E-state index in [-0.39, 0.29) is 0 Å². The number of hydrazine groups is 1. The van der Waals surface area contributed by atoms with E-state index in [9.17, 15) is 0 Å². The maximum Gasteiger partial charge on any atom is 0.208 e. The zero-order valence-electron chi connectivity index (χ0n) is 10.2. The van der Waals surface area contributed by atoms with Gasteiger partial charge in [-0.25, -0.2) is 5.84 Å². The van der Waals surface area contributed by atoms with E-state index in [0.717, 1.165) is 32.1 Å². The monoisotopic (exact) mass is 225 g/mol. The molecular weight excluding hydrogens is 202 g/mol. The van der Waals surface area contributed by atoms with Gasteiger partial charge in [-0.2, -0.15) is 0 Å². The van der Waals surface area contributed by atoms with Crippen LogP contribution < -0.4 is 11.3 Å². The topological polar surface area (TPSA) is 56.9 Å². The molecule has 5 heteroatoms. The zero-order chi connectivity index (χ0) is 11.4. The third-order valence-electron chi connectivity index (χ3n) is 3.57. The van der Waals surface area contributed by atoms with E-state index in [2.05, 4.69) is 20.2 Å². The third kappa shape index (κ3) is 2.47. The van der Waals surface area contributed by atoms with E-state index in [4.69, 9.17) is 5.84 Å². The molecule has 0 bridgehead atoms. The lowest BCUT2D eigenvalue weighted by Crippen LogP contribution is -2.59. The highest BCUT2D eigenvalue weighted by Crippen LogP contribution is 2.20. The molecule has 2 heterocycles. The predicted molar refractivity (Wildman–Crippen MR) is 66.1 cm³/mol. The van der Waals surface area contributed by atoms with Crippen LogP contribution in [0.5, 0.6) is 0 Å². The first-order chi connectivity index (χ1) is 7.85. The maximum absolute atomic E-state index is 5.52. The van der Waals surface area contributed by atoms with Crippen LogP contribution in [0.25, 0.3) is 0 Å². The van der Waals surface area contributed by atoms with Gasteiger partial charge >= 0.3 is 0 Å². The number of hydrogen-bond donors (Lipinski definition) is 2. The van der Waals surface area contributed by atoms with Crippen LogP contribution in [-0.4, -0.2) is 54.5 Å². The van der Waals surface area contributed by atoms with Crippen molar-refractivity contribution in [2.24, 2.45) is 10.8 Å². The maximum atomic E-state index is 5.52. The fraction of sp³-hybridized carbons (Fsp3) is 0.909. The van der Waals surface area contributed by atoms with Crippen molar-refractivity contribution in [2.75, 3.05) is 32.7 Å². The Morgan fingerprint density at radius 3 is 3.00 bits per heavy atom. The molecule has 0 saturated carbocycles. The highest BCUT2D eigenvalue weighted by molar-refractivity contribution is 5.79. The Morgan fingerprint density at radius 1 is 1.38 bits per heavy atom. The van der Waals surface area contributed by atoms with Crippen LogP contribution in [0.2, 0.25) is 0 Å². The van der Waals surface area contributed by atoms with Gasteiger partial charge in [0.05, 0.1) is 0 Å². The second-order valence-corrected chi connectivity index (χ2v) is 4.57. The SMILES string of the molecule is CCN=C(NN)N1CCN2CCCCC2C1. The van der Waals surface area contributed by atoms with Crippen LogP contribution in [-0.2, 0) is 0 Å². The van der Waals surface area contributed by atoms with Crippen molar-refractivity contribution in [1.82, 2.24) is 15.2 Å². The number of nitrogens with one attached hydrogen (secondary N) is 1. The smallest absolute Gasteiger partial charge is 0.208 e. The van der Waals surface area contributed by atoms with Gasteiger partial charge in [-0.15, -0.1) is 0 Å². The quantitative estimate of drug-likeness (QED) is 0.285. The van der Waals surface area contributed by atoms with Gasteiger partial charge in [0.25, 0.3) is 0 Å². The number of piperazine rings is 1. The molecule has 0 amide bonds. The molecule has 2 fully saturated rings. The second-order valence-electron chi connectivity index (χ2n) is 4.57. The molecule has 2 rings (SSSR count). The Bertz CT molecular complexity index is 253. The minimum atomic E-state index is 0.706. The van der Waals surface area contributed by atoms with E-state index in [1.165, 1.54) is 25.8 Å². The summed E-state index contributed by atoms with van der Waals surface area (Å²) in [6.45, 7) is 7.35. The summed E-state index contributed by atoms with van der Waals surface area (Å²) in [7, 11) is 0. The van der Waals surface area contributed by atoms with Crippen LogP contribution in [0.4, 0.5) is 0 Å². The summed E-state index contributed by atoms with van der Waals surface area (Å²) in [5.41, 5.74) is 2.73. The minimum Gasteiger partial charge on any atom is -0.339 e. The van der Waals surface area contributed by atoms with Gasteiger partial charge in [-0.05, 0) is 26.3 Å². The van der Waals surface area contributed by atoms with Gasteiger partial charge in [0.1, 0.15) is 0 Å². The molecule has 16 heavy (non-hydrogen) atoms. The number of nitrogens with zero attached hydrogens (tertiary/aromatic N) is 3. The van der Waals surface area contributed by atoms with Crippen LogP contribution in [0.15, 0.2) is 4.99 Å². The first-order valence-electron chi connectivity index (χ1n) is 6.35. The lowest BCUT2D eigenvalue weighted by Gasteiger charge is -2.44. The molecule has 0 aromatic carbocycles. The highest BCUT2D eigenvalue weighted by Gasteiger charge is 2.29. The molecule has 92 valence electrons. The molecule has 3 N–H and O–H groups in total. The second kappa shape index (κ2) is 5.50. The normalized spacial score (nSPS) is 27.8. The first kappa shape index (κ1) is 11.7. The summed E-state index contributed by atoms with van der Waals surface area (Å²) in [4.78, 5) is 9.29. The molecule has 2 aliphatic heterocycles. The van der Waals surface area contributed by atoms with E-state index >= 15 is 0 Å². The summed E-state index contributed by atoms with van der Waals surface area (Å²) in [6, 6.07) is 0.706. The lowest BCUT2D eigenvalue weighted by atomic mass is 10.00. The van der Waals surface area contributed by atoms with Crippen molar-refractivity contribution < 1.29 is 0 Å². The Balaban J connectivity index is 1.96. The number of piperidine rings is 1. The fourth-order valence-electron chi connectivity index (χ4n) is 2.74. The molecule has 0 aromatic heterocycles. The van der Waals surface area contributed by atoms with Crippen molar-refractivity contribution >= 4 is 5.96 Å². The van der Waals surface area contributed by atoms with Crippen molar-refractivity contribution in [3.63, 3.8) is 0 Å². The zero-order valence-corrected chi connectivity index (χ0v) is 10.2. The Morgan fingerprint density at radius 2 is 2.25 bits per heavy atom. The molecule has 0 radical (unpaired) electrons. The number of fused-ring (bicyclic) bond motifs is 1. The van der Waals surface area contributed by atoms with Crippen molar-refractivity contribution in [1.29, 1.82) is 0 Å². The van der Waals surface area contributed by atoms with Gasteiger partial charge in [0, 0.05) is 32.2 Å². The standard InChI is InChI=1S/C11H23N5/c1-2-13-11(14-12)16-8-7-15-6-4-3-5-10(15)9-16/h10H,2-9,12H2,1H3,(H,13,14). The average molecular weight is 225 g/mol. The Labute approximate surface area is 97.7 Å². The molecule has 1 unspecified atom stereocenters. The summed E-state index contributed by atoms with van der Waals surface area (Å²) in [5, 5.41) is 0. The molecule has 1 atom stereocenters. The van der Waals surface area contributed by atoms with Crippen molar-refractivity contribution in [2.45, 2.75) is 32.2 Å². The minimum absolute atomic E-state index is 0.706. The van der Waals surface area contributed by atoms with Gasteiger partial charge in [0.2, 0.25) is 5.96 Å². The van der Waals surface area contributed by atoms with E-state index in [1.54, 1.807) is 0 Å². The average Bonchev–Trinajstić information content (AvgIpc) is 2.35. The summed E-state index contributed by atoms with van der Waals surface area (Å²) < 4.78 is 0. The van der Waals surface area contributed by atoms with Gasteiger partial charge in [-0.1, -0.05) is 6.42 Å². The highest BCUT2D eigenvalue weighted by atomic mass is 15.4. The molecule has 2 aliphatic rings. The third-order valence-corrected chi connectivity index (χ3v) is 3.57. The van der Waals surface area contributed by atoms with Crippen LogP contribution in [0, 0.1) is 0 Å². The van der Waals surface area contributed by atoms with E-state index in [1.807, 2.05) is 6.92 Å². The molecule has 0 aromatic rings. The Kier molecular flexibility index (Phi) is 4.01. The Hall–Kier alpha value is -0.810. The predicted octanol–water partition coefficient (Wildman–Crippen LogP) is -0.00430. The molecule has 5 nitrogen and oxygen atoms in total. The lowest BCUT2D eigenvalue weighted by molar-refractivity contribution is 0.0786. The summed E-state index contributed by atoms with van der Waals surface area (Å²) in [5.74, 6) is 6.38. The van der Waals surface area contributed by atoms with Crippen LogP contribution in [0.1, 0.15) is 26.2 Å². The fourth-order valence-corrected chi connectivity index (χ4v) is 2.74. The van der Waals surface area contributed by atoms with Crippen LogP contribution >= 0.6 is 0 Å². The van der Waals surface area contributed by atoms with Gasteiger partial charge < -0.3 is 4.90 Å². The first-order valence-corrected chi connectivity index (χ1v) is 6.35. The van der Waals surface area contributed by atoms with E-state index in [0.29, 0.717) is 6.04 Å². The van der Waals surface area contributed by atoms with Crippen LogP contribution in [0.3, 0.4) is 0 Å². The number of guanidine groups is 1. The number of nitrogens with two attached hydrogens (primary N) is 1. The van der Waals surface area contributed by atoms with Crippen molar-refractivity contribution in [3.8, 4) is 0 Å².